The fourth-order valence-electron chi connectivity index (χ4n) is 3.80. The third-order valence-electron chi connectivity index (χ3n) is 4.89. The smallest absolute Gasteiger partial charge is 0.178 e. The maximum absolute atomic E-state index is 5.62. The standard InChI is InChI=1S/C17H24N2OS/c1-11(2)13-6-4-5-7-15(13)19-16-10-12(20-3)8-9-14(16)18-17(19)21/h8-11,13,15H,4-7H2,1-3H3,(H,18,21). The predicted molar refractivity (Wildman–Crippen MR) is 89.5 cm³/mol. The Morgan fingerprint density at radius 2 is 2.05 bits per heavy atom. The summed E-state index contributed by atoms with van der Waals surface area (Å²) in [6.45, 7) is 4.67. The summed E-state index contributed by atoms with van der Waals surface area (Å²) >= 11 is 5.62. The predicted octanol–water partition coefficient (Wildman–Crippen LogP) is 5.09. The first kappa shape index (κ1) is 14.6. The third kappa shape index (κ3) is 2.61. The number of hydrogen-bond donors (Lipinski definition) is 1. The molecule has 0 amide bonds. The number of nitrogens with zero attached hydrogens (tertiary/aromatic N) is 1. The highest BCUT2D eigenvalue weighted by Crippen LogP contribution is 2.40. The second-order valence-electron chi connectivity index (χ2n) is 6.44. The summed E-state index contributed by atoms with van der Waals surface area (Å²) in [6.07, 6.45) is 5.17. The maximum Gasteiger partial charge on any atom is 0.178 e. The molecule has 0 aliphatic heterocycles. The van der Waals surface area contributed by atoms with Crippen LogP contribution >= 0.6 is 12.2 Å². The SMILES string of the molecule is COc1ccc2[nH]c(=S)n(C3CCCCC3C(C)C)c2c1. The molecule has 4 heteroatoms. The lowest BCUT2D eigenvalue weighted by molar-refractivity contribution is 0.186. The fourth-order valence-corrected chi connectivity index (χ4v) is 4.14. The molecule has 1 aromatic heterocycles. The molecule has 2 atom stereocenters. The Bertz CT molecular complexity index is 686. The van der Waals surface area contributed by atoms with E-state index in [9.17, 15) is 0 Å². The average molecular weight is 304 g/mol. The van der Waals surface area contributed by atoms with Crippen LogP contribution in [0.3, 0.4) is 0 Å². The van der Waals surface area contributed by atoms with Crippen molar-refractivity contribution in [3.63, 3.8) is 0 Å². The number of nitrogens with one attached hydrogen (secondary N) is 1. The molecule has 2 unspecified atom stereocenters. The lowest BCUT2D eigenvalue weighted by Crippen LogP contribution is -2.27. The average Bonchev–Trinajstić information content (AvgIpc) is 2.81. The zero-order valence-electron chi connectivity index (χ0n) is 13.1. The topological polar surface area (TPSA) is 29.9 Å². The van der Waals surface area contributed by atoms with Crippen LogP contribution in [0.25, 0.3) is 11.0 Å². The van der Waals surface area contributed by atoms with Crippen LogP contribution in [0.4, 0.5) is 0 Å². The summed E-state index contributed by atoms with van der Waals surface area (Å²) in [5.41, 5.74) is 2.28. The summed E-state index contributed by atoms with van der Waals surface area (Å²) in [7, 11) is 1.71. The zero-order chi connectivity index (χ0) is 15.0. The number of fused-ring (bicyclic) bond motifs is 1. The van der Waals surface area contributed by atoms with Gasteiger partial charge in [0.25, 0.3) is 0 Å². The second kappa shape index (κ2) is 5.84. The van der Waals surface area contributed by atoms with Gasteiger partial charge >= 0.3 is 0 Å². The van der Waals surface area contributed by atoms with Crippen molar-refractivity contribution in [2.75, 3.05) is 7.11 Å². The molecule has 0 bridgehead atoms. The summed E-state index contributed by atoms with van der Waals surface area (Å²) in [5, 5.41) is 0. The molecule has 1 aliphatic rings. The Kier molecular flexibility index (Phi) is 4.07. The molecular formula is C17H24N2OS. The van der Waals surface area contributed by atoms with Gasteiger partial charge in [0, 0.05) is 12.1 Å². The van der Waals surface area contributed by atoms with Gasteiger partial charge in [0.1, 0.15) is 5.75 Å². The Labute approximate surface area is 131 Å². The molecule has 1 N–H and O–H groups in total. The number of rotatable bonds is 3. The van der Waals surface area contributed by atoms with Crippen molar-refractivity contribution in [2.45, 2.75) is 45.6 Å². The highest BCUT2D eigenvalue weighted by Gasteiger charge is 2.30. The van der Waals surface area contributed by atoms with Crippen LogP contribution in [0, 0.1) is 16.6 Å². The van der Waals surface area contributed by atoms with Crippen molar-refractivity contribution in [2.24, 2.45) is 11.8 Å². The van der Waals surface area contributed by atoms with E-state index in [-0.39, 0.29) is 0 Å². The Hall–Kier alpha value is -1.29. The largest absolute Gasteiger partial charge is 0.497 e. The zero-order valence-corrected chi connectivity index (χ0v) is 13.9. The van der Waals surface area contributed by atoms with Crippen molar-refractivity contribution >= 4 is 23.3 Å². The minimum atomic E-state index is 0.507. The van der Waals surface area contributed by atoms with E-state index in [1.807, 2.05) is 6.07 Å². The minimum Gasteiger partial charge on any atom is -0.497 e. The molecule has 0 saturated heterocycles. The summed E-state index contributed by atoms with van der Waals surface area (Å²) in [5.74, 6) is 2.28. The Morgan fingerprint density at radius 1 is 1.29 bits per heavy atom. The molecule has 3 nitrogen and oxygen atoms in total. The molecule has 1 aliphatic carbocycles. The van der Waals surface area contributed by atoms with Crippen LogP contribution in [0.15, 0.2) is 18.2 Å². The van der Waals surface area contributed by atoms with Crippen molar-refractivity contribution < 1.29 is 4.74 Å². The molecule has 1 aromatic carbocycles. The van der Waals surface area contributed by atoms with Crippen LogP contribution in [-0.2, 0) is 0 Å². The van der Waals surface area contributed by atoms with Gasteiger partial charge in [-0.3, -0.25) is 0 Å². The van der Waals surface area contributed by atoms with E-state index >= 15 is 0 Å². The molecule has 1 fully saturated rings. The lowest BCUT2D eigenvalue weighted by atomic mass is 9.77. The number of benzene rings is 1. The van der Waals surface area contributed by atoms with Crippen molar-refractivity contribution in [3.8, 4) is 5.75 Å². The number of aromatic nitrogens is 2. The summed E-state index contributed by atoms with van der Waals surface area (Å²) < 4.78 is 8.57. The van der Waals surface area contributed by atoms with Crippen LogP contribution in [0.5, 0.6) is 5.75 Å². The summed E-state index contributed by atoms with van der Waals surface area (Å²) in [4.78, 5) is 3.36. The van der Waals surface area contributed by atoms with E-state index in [0.717, 1.165) is 16.0 Å². The highest BCUT2D eigenvalue weighted by atomic mass is 32.1. The maximum atomic E-state index is 5.62. The molecule has 21 heavy (non-hydrogen) atoms. The van der Waals surface area contributed by atoms with Crippen molar-refractivity contribution in [1.82, 2.24) is 9.55 Å². The molecule has 3 rings (SSSR count). The van der Waals surface area contributed by atoms with Gasteiger partial charge in [0.05, 0.1) is 18.1 Å². The molecular weight excluding hydrogens is 280 g/mol. The van der Waals surface area contributed by atoms with E-state index < -0.39 is 0 Å². The second-order valence-corrected chi connectivity index (χ2v) is 6.83. The number of methoxy groups -OCH3 is 1. The van der Waals surface area contributed by atoms with Gasteiger partial charge in [0.2, 0.25) is 0 Å². The number of H-pyrrole nitrogens is 1. The number of ether oxygens (including phenoxy) is 1. The van der Waals surface area contributed by atoms with Gasteiger partial charge in [-0.25, -0.2) is 0 Å². The van der Waals surface area contributed by atoms with E-state index in [4.69, 9.17) is 17.0 Å². The van der Waals surface area contributed by atoms with Gasteiger partial charge in [0.15, 0.2) is 4.77 Å². The molecule has 1 heterocycles. The number of aromatic amines is 1. The molecule has 0 spiro atoms. The van der Waals surface area contributed by atoms with Gasteiger partial charge in [-0.1, -0.05) is 26.7 Å². The highest BCUT2D eigenvalue weighted by molar-refractivity contribution is 7.71. The first-order valence-electron chi connectivity index (χ1n) is 7.90. The summed E-state index contributed by atoms with van der Waals surface area (Å²) in [6, 6.07) is 6.66. The fraction of sp³-hybridized carbons (Fsp3) is 0.588. The van der Waals surface area contributed by atoms with E-state index in [1.54, 1.807) is 7.11 Å². The Balaban J connectivity index is 2.13. The minimum absolute atomic E-state index is 0.507. The van der Waals surface area contributed by atoms with E-state index in [1.165, 1.54) is 31.2 Å². The lowest BCUT2D eigenvalue weighted by Gasteiger charge is -2.35. The van der Waals surface area contributed by atoms with E-state index in [0.29, 0.717) is 17.9 Å². The van der Waals surface area contributed by atoms with Crippen LogP contribution in [0.1, 0.15) is 45.6 Å². The molecule has 2 aromatic rings. The van der Waals surface area contributed by atoms with Gasteiger partial charge < -0.3 is 14.3 Å². The van der Waals surface area contributed by atoms with E-state index in [2.05, 4.69) is 35.5 Å². The van der Waals surface area contributed by atoms with Crippen LogP contribution < -0.4 is 4.74 Å². The van der Waals surface area contributed by atoms with Crippen LogP contribution in [0.2, 0.25) is 0 Å². The monoisotopic (exact) mass is 304 g/mol. The first-order chi connectivity index (χ1) is 10.1. The molecule has 1 saturated carbocycles. The number of hydrogen-bond acceptors (Lipinski definition) is 2. The molecule has 114 valence electrons. The van der Waals surface area contributed by atoms with Gasteiger partial charge in [-0.05, 0) is 49.0 Å². The van der Waals surface area contributed by atoms with Gasteiger partial charge in [-0.2, -0.15) is 0 Å². The molecule has 0 radical (unpaired) electrons. The Morgan fingerprint density at radius 3 is 2.76 bits per heavy atom. The number of imidazole rings is 1. The van der Waals surface area contributed by atoms with Crippen molar-refractivity contribution in [3.05, 3.63) is 23.0 Å². The first-order valence-corrected chi connectivity index (χ1v) is 8.31. The van der Waals surface area contributed by atoms with Crippen molar-refractivity contribution in [1.29, 1.82) is 0 Å². The normalized spacial score (nSPS) is 22.9. The van der Waals surface area contributed by atoms with Gasteiger partial charge in [-0.15, -0.1) is 0 Å². The third-order valence-corrected chi connectivity index (χ3v) is 5.19. The quantitative estimate of drug-likeness (QED) is 0.800. The van der Waals surface area contributed by atoms with Crippen LogP contribution in [-0.4, -0.2) is 16.7 Å².